The summed E-state index contributed by atoms with van der Waals surface area (Å²) in [6.45, 7) is 4.12. The molecule has 0 amide bonds. The molecule has 0 bridgehead atoms. The Balaban J connectivity index is 3.09. The van der Waals surface area contributed by atoms with E-state index in [1.165, 1.54) is 0 Å². The molecule has 0 aliphatic heterocycles. The number of aromatic nitrogens is 2. The first-order valence-electron chi connectivity index (χ1n) is 3.39. The molecule has 1 aromatic heterocycles. The average Bonchev–Trinajstić information content (AvgIpc) is 1.85. The molecule has 0 fully saturated rings. The van der Waals surface area contributed by atoms with Crippen molar-refractivity contribution in [2.24, 2.45) is 0 Å². The molecule has 0 aromatic carbocycles. The Bertz CT molecular complexity index is 260. The summed E-state index contributed by atoms with van der Waals surface area (Å²) in [6, 6.07) is 0. The number of nitrogens with two attached hydrogens (primary N) is 1. The van der Waals surface area contributed by atoms with Crippen molar-refractivity contribution < 1.29 is 0 Å². The Hall–Kier alpha value is -0.640. The number of rotatable bonds is 1. The van der Waals surface area contributed by atoms with Crippen LogP contribution in [0.1, 0.15) is 25.3 Å². The Morgan fingerprint density at radius 3 is 2.64 bits per heavy atom. The summed E-state index contributed by atoms with van der Waals surface area (Å²) in [7, 11) is 0. The molecule has 0 atom stereocenters. The summed E-state index contributed by atoms with van der Waals surface area (Å²) in [4.78, 5) is 7.96. The molecule has 11 heavy (non-hydrogen) atoms. The standard InChI is InChI=1S/C7H10BrN3/c1-4(2)5-3-10-7(8)11-6(5)9/h3-4H,1-2H3,(H2,9,10,11). The van der Waals surface area contributed by atoms with Crippen molar-refractivity contribution in [3.8, 4) is 0 Å². The zero-order valence-electron chi connectivity index (χ0n) is 6.50. The van der Waals surface area contributed by atoms with Crippen molar-refractivity contribution in [3.63, 3.8) is 0 Å². The number of hydrogen-bond donors (Lipinski definition) is 1. The fourth-order valence-corrected chi connectivity index (χ4v) is 1.12. The summed E-state index contributed by atoms with van der Waals surface area (Å²) in [5, 5.41) is 0. The molecular formula is C7H10BrN3. The molecule has 1 aromatic rings. The van der Waals surface area contributed by atoms with Crippen molar-refractivity contribution in [2.75, 3.05) is 5.73 Å². The smallest absolute Gasteiger partial charge is 0.198 e. The highest BCUT2D eigenvalue weighted by Gasteiger charge is 2.05. The molecule has 1 rings (SSSR count). The summed E-state index contributed by atoms with van der Waals surface area (Å²) < 4.78 is 0.541. The second-order valence-corrected chi connectivity index (χ2v) is 3.34. The van der Waals surface area contributed by atoms with E-state index in [9.17, 15) is 0 Å². The van der Waals surface area contributed by atoms with Gasteiger partial charge in [0.15, 0.2) is 4.73 Å². The molecule has 0 aliphatic rings. The summed E-state index contributed by atoms with van der Waals surface area (Å²) in [6.07, 6.45) is 1.75. The van der Waals surface area contributed by atoms with Crippen molar-refractivity contribution >= 4 is 21.7 Å². The molecule has 0 radical (unpaired) electrons. The van der Waals surface area contributed by atoms with E-state index in [2.05, 4.69) is 39.7 Å². The predicted octanol–water partition coefficient (Wildman–Crippen LogP) is 1.94. The molecule has 0 saturated heterocycles. The van der Waals surface area contributed by atoms with Crippen LogP contribution in [0.2, 0.25) is 0 Å². The molecule has 3 nitrogen and oxygen atoms in total. The maximum Gasteiger partial charge on any atom is 0.198 e. The first-order chi connectivity index (χ1) is 5.11. The van der Waals surface area contributed by atoms with Gasteiger partial charge in [-0.05, 0) is 21.8 Å². The van der Waals surface area contributed by atoms with E-state index < -0.39 is 0 Å². The van der Waals surface area contributed by atoms with Gasteiger partial charge < -0.3 is 5.73 Å². The van der Waals surface area contributed by atoms with E-state index in [0.717, 1.165) is 5.56 Å². The number of anilines is 1. The quantitative estimate of drug-likeness (QED) is 0.730. The SMILES string of the molecule is CC(C)c1cnc(Br)nc1N. The van der Waals surface area contributed by atoms with Crippen LogP contribution in [0.5, 0.6) is 0 Å². The van der Waals surface area contributed by atoms with Crippen LogP contribution in [0.15, 0.2) is 10.9 Å². The number of halogens is 1. The number of hydrogen-bond acceptors (Lipinski definition) is 3. The minimum Gasteiger partial charge on any atom is -0.383 e. The fraction of sp³-hybridized carbons (Fsp3) is 0.429. The van der Waals surface area contributed by atoms with E-state index in [4.69, 9.17) is 5.73 Å². The molecule has 1 heterocycles. The van der Waals surface area contributed by atoms with Gasteiger partial charge in [0.25, 0.3) is 0 Å². The minimum atomic E-state index is 0.378. The van der Waals surface area contributed by atoms with Gasteiger partial charge in [0, 0.05) is 11.8 Å². The monoisotopic (exact) mass is 215 g/mol. The lowest BCUT2D eigenvalue weighted by Crippen LogP contribution is -2.00. The van der Waals surface area contributed by atoms with Gasteiger partial charge in [0.05, 0.1) is 0 Å². The van der Waals surface area contributed by atoms with E-state index in [-0.39, 0.29) is 0 Å². The van der Waals surface area contributed by atoms with Gasteiger partial charge >= 0.3 is 0 Å². The lowest BCUT2D eigenvalue weighted by molar-refractivity contribution is 0.847. The average molecular weight is 216 g/mol. The third-order valence-electron chi connectivity index (χ3n) is 1.44. The highest BCUT2D eigenvalue weighted by Crippen LogP contribution is 2.19. The molecule has 4 heteroatoms. The Morgan fingerprint density at radius 2 is 2.18 bits per heavy atom. The first kappa shape index (κ1) is 8.46. The Kier molecular flexibility index (Phi) is 2.44. The van der Waals surface area contributed by atoms with E-state index in [1.807, 2.05) is 0 Å². The van der Waals surface area contributed by atoms with Crippen molar-refractivity contribution in [1.82, 2.24) is 9.97 Å². The van der Waals surface area contributed by atoms with Crippen molar-refractivity contribution in [2.45, 2.75) is 19.8 Å². The summed E-state index contributed by atoms with van der Waals surface area (Å²) in [5.74, 6) is 0.935. The third kappa shape index (κ3) is 1.89. The summed E-state index contributed by atoms with van der Waals surface area (Å²) >= 11 is 3.14. The van der Waals surface area contributed by atoms with Crippen LogP contribution < -0.4 is 5.73 Å². The van der Waals surface area contributed by atoms with Crippen LogP contribution in [-0.4, -0.2) is 9.97 Å². The van der Waals surface area contributed by atoms with Gasteiger partial charge in [-0.15, -0.1) is 0 Å². The van der Waals surface area contributed by atoms with Gasteiger partial charge in [-0.25, -0.2) is 9.97 Å². The highest BCUT2D eigenvalue weighted by molar-refractivity contribution is 9.10. The van der Waals surface area contributed by atoms with Gasteiger partial charge in [0.1, 0.15) is 5.82 Å². The number of nitrogen functional groups attached to an aromatic ring is 1. The zero-order valence-corrected chi connectivity index (χ0v) is 8.09. The zero-order chi connectivity index (χ0) is 8.43. The van der Waals surface area contributed by atoms with E-state index in [0.29, 0.717) is 16.5 Å². The predicted molar refractivity (Wildman–Crippen MR) is 48.2 cm³/mol. The maximum absolute atomic E-state index is 5.64. The molecule has 0 saturated carbocycles. The van der Waals surface area contributed by atoms with Crippen molar-refractivity contribution in [1.29, 1.82) is 0 Å². The van der Waals surface area contributed by atoms with Crippen molar-refractivity contribution in [3.05, 3.63) is 16.5 Å². The Morgan fingerprint density at radius 1 is 1.55 bits per heavy atom. The fourth-order valence-electron chi connectivity index (χ4n) is 0.827. The minimum absolute atomic E-state index is 0.378. The molecule has 60 valence electrons. The first-order valence-corrected chi connectivity index (χ1v) is 4.18. The topological polar surface area (TPSA) is 51.8 Å². The van der Waals surface area contributed by atoms with E-state index in [1.54, 1.807) is 6.20 Å². The van der Waals surface area contributed by atoms with Gasteiger partial charge in [0.2, 0.25) is 0 Å². The third-order valence-corrected chi connectivity index (χ3v) is 1.82. The van der Waals surface area contributed by atoms with Crippen LogP contribution in [0.25, 0.3) is 0 Å². The highest BCUT2D eigenvalue weighted by atomic mass is 79.9. The second kappa shape index (κ2) is 3.17. The number of nitrogens with zero attached hydrogens (tertiary/aromatic N) is 2. The second-order valence-electron chi connectivity index (χ2n) is 2.63. The Labute approximate surface area is 74.2 Å². The molecule has 0 aliphatic carbocycles. The lowest BCUT2D eigenvalue weighted by atomic mass is 10.1. The summed E-state index contributed by atoms with van der Waals surface area (Å²) in [5.41, 5.74) is 6.63. The van der Waals surface area contributed by atoms with Crippen LogP contribution in [0.4, 0.5) is 5.82 Å². The van der Waals surface area contributed by atoms with Crippen LogP contribution >= 0.6 is 15.9 Å². The largest absolute Gasteiger partial charge is 0.383 e. The molecule has 0 spiro atoms. The lowest BCUT2D eigenvalue weighted by Gasteiger charge is -2.06. The van der Waals surface area contributed by atoms with Gasteiger partial charge in [-0.1, -0.05) is 13.8 Å². The van der Waals surface area contributed by atoms with Crippen LogP contribution in [-0.2, 0) is 0 Å². The van der Waals surface area contributed by atoms with E-state index >= 15 is 0 Å². The molecule has 0 unspecified atom stereocenters. The normalized spacial score (nSPS) is 10.5. The van der Waals surface area contributed by atoms with Crippen LogP contribution in [0.3, 0.4) is 0 Å². The molecular weight excluding hydrogens is 206 g/mol. The maximum atomic E-state index is 5.64. The van der Waals surface area contributed by atoms with Crippen LogP contribution in [0, 0.1) is 0 Å². The van der Waals surface area contributed by atoms with Gasteiger partial charge in [-0.2, -0.15) is 0 Å². The van der Waals surface area contributed by atoms with Gasteiger partial charge in [-0.3, -0.25) is 0 Å². The molecule has 2 N–H and O–H groups in total.